The van der Waals surface area contributed by atoms with E-state index >= 15 is 0 Å². The van der Waals surface area contributed by atoms with E-state index in [0.29, 0.717) is 5.02 Å². The van der Waals surface area contributed by atoms with Crippen molar-refractivity contribution in [3.8, 4) is 0 Å². The molecule has 5 heteroatoms. The molecular weight excluding hydrogens is 294 g/mol. The standard InChI is InChI=1S/C15H20ClNO2S/c1-15(2)7-8-20-10-13(15)17(9-14(18)19)12-5-3-11(16)4-6-12/h3-6,13H,7-10H2,1-2H3,(H,18,19). The second kappa shape index (κ2) is 6.27. The predicted octanol–water partition coefficient (Wildman–Crippen LogP) is 3.76. The van der Waals surface area contributed by atoms with E-state index in [1.807, 2.05) is 40.9 Å². The largest absolute Gasteiger partial charge is 0.480 e. The highest BCUT2D eigenvalue weighted by Crippen LogP contribution is 2.39. The first-order chi connectivity index (χ1) is 9.40. The minimum atomic E-state index is -0.800. The summed E-state index contributed by atoms with van der Waals surface area (Å²) in [7, 11) is 0. The van der Waals surface area contributed by atoms with Gasteiger partial charge in [-0.1, -0.05) is 25.4 Å². The Morgan fingerprint density at radius 2 is 2.10 bits per heavy atom. The molecule has 20 heavy (non-hydrogen) atoms. The summed E-state index contributed by atoms with van der Waals surface area (Å²) in [6.07, 6.45) is 1.10. The maximum Gasteiger partial charge on any atom is 0.323 e. The highest BCUT2D eigenvalue weighted by Gasteiger charge is 2.37. The van der Waals surface area contributed by atoms with Crippen molar-refractivity contribution in [2.75, 3.05) is 23.0 Å². The third-order valence-corrected chi connectivity index (χ3v) is 5.20. The van der Waals surface area contributed by atoms with Crippen LogP contribution < -0.4 is 4.90 Å². The molecule has 3 nitrogen and oxygen atoms in total. The number of carbonyl (C=O) groups is 1. The van der Waals surface area contributed by atoms with Crippen LogP contribution in [0.4, 0.5) is 5.69 Å². The lowest BCUT2D eigenvalue weighted by Gasteiger charge is -2.45. The lowest BCUT2D eigenvalue weighted by molar-refractivity contribution is -0.135. The summed E-state index contributed by atoms with van der Waals surface area (Å²) in [4.78, 5) is 13.2. The number of rotatable bonds is 4. The summed E-state index contributed by atoms with van der Waals surface area (Å²) in [5, 5.41) is 9.89. The summed E-state index contributed by atoms with van der Waals surface area (Å²) in [6, 6.07) is 7.66. The average molecular weight is 314 g/mol. The number of hydrogen-bond acceptors (Lipinski definition) is 3. The van der Waals surface area contributed by atoms with E-state index in [-0.39, 0.29) is 18.0 Å². The first-order valence-electron chi connectivity index (χ1n) is 6.72. The van der Waals surface area contributed by atoms with Crippen LogP contribution in [0, 0.1) is 5.41 Å². The summed E-state index contributed by atoms with van der Waals surface area (Å²) < 4.78 is 0. The van der Waals surface area contributed by atoms with Crippen LogP contribution >= 0.6 is 23.4 Å². The fraction of sp³-hybridized carbons (Fsp3) is 0.533. The van der Waals surface area contributed by atoms with Gasteiger partial charge in [0.1, 0.15) is 6.54 Å². The Labute approximate surface area is 129 Å². The van der Waals surface area contributed by atoms with Gasteiger partial charge in [-0.05, 0) is 41.9 Å². The van der Waals surface area contributed by atoms with E-state index in [1.54, 1.807) is 0 Å². The molecule has 1 atom stereocenters. The number of halogens is 1. The van der Waals surface area contributed by atoms with Crippen LogP contribution in [0.15, 0.2) is 24.3 Å². The van der Waals surface area contributed by atoms with Crippen molar-refractivity contribution in [3.63, 3.8) is 0 Å². The van der Waals surface area contributed by atoms with Crippen LogP contribution in [-0.4, -0.2) is 35.2 Å². The molecule has 1 aliphatic heterocycles. The van der Waals surface area contributed by atoms with E-state index in [0.717, 1.165) is 23.6 Å². The molecule has 1 N–H and O–H groups in total. The quantitative estimate of drug-likeness (QED) is 0.918. The first kappa shape index (κ1) is 15.5. The van der Waals surface area contributed by atoms with Crippen molar-refractivity contribution in [2.45, 2.75) is 26.3 Å². The molecule has 0 aliphatic carbocycles. The Kier molecular flexibility index (Phi) is 4.86. The summed E-state index contributed by atoms with van der Waals surface area (Å²) >= 11 is 7.82. The molecule has 2 rings (SSSR count). The number of carboxylic acids is 1. The number of thioether (sulfide) groups is 1. The molecule has 110 valence electrons. The van der Waals surface area contributed by atoms with Crippen molar-refractivity contribution in [1.82, 2.24) is 0 Å². The molecule has 1 aliphatic rings. The van der Waals surface area contributed by atoms with Crippen molar-refractivity contribution in [1.29, 1.82) is 0 Å². The third-order valence-electron chi connectivity index (χ3n) is 3.91. The predicted molar refractivity (Wildman–Crippen MR) is 85.9 cm³/mol. The summed E-state index contributed by atoms with van der Waals surface area (Å²) in [6.45, 7) is 4.47. The maximum absolute atomic E-state index is 11.2. The van der Waals surface area contributed by atoms with Gasteiger partial charge in [0.25, 0.3) is 0 Å². The van der Waals surface area contributed by atoms with Gasteiger partial charge in [-0.15, -0.1) is 0 Å². The van der Waals surface area contributed by atoms with Crippen LogP contribution in [0.2, 0.25) is 5.02 Å². The van der Waals surface area contributed by atoms with Gasteiger partial charge in [0, 0.05) is 22.5 Å². The Morgan fingerprint density at radius 3 is 2.65 bits per heavy atom. The van der Waals surface area contributed by atoms with Crippen molar-refractivity contribution < 1.29 is 9.90 Å². The van der Waals surface area contributed by atoms with Gasteiger partial charge in [-0.2, -0.15) is 11.8 Å². The number of nitrogens with zero attached hydrogens (tertiary/aromatic N) is 1. The van der Waals surface area contributed by atoms with Gasteiger partial charge >= 0.3 is 5.97 Å². The van der Waals surface area contributed by atoms with Crippen LogP contribution in [0.5, 0.6) is 0 Å². The molecule has 0 radical (unpaired) electrons. The Hall–Kier alpha value is -0.870. The maximum atomic E-state index is 11.2. The SMILES string of the molecule is CC1(C)CCSCC1N(CC(=O)O)c1ccc(Cl)cc1. The summed E-state index contributed by atoms with van der Waals surface area (Å²) in [5.74, 6) is 1.31. The van der Waals surface area contributed by atoms with E-state index in [2.05, 4.69) is 13.8 Å². The van der Waals surface area contributed by atoms with Crippen molar-refractivity contribution in [3.05, 3.63) is 29.3 Å². The number of hydrogen-bond donors (Lipinski definition) is 1. The number of benzene rings is 1. The smallest absolute Gasteiger partial charge is 0.323 e. The monoisotopic (exact) mass is 313 g/mol. The van der Waals surface area contributed by atoms with Crippen LogP contribution in [-0.2, 0) is 4.79 Å². The third kappa shape index (κ3) is 3.61. The zero-order chi connectivity index (χ0) is 14.8. The summed E-state index contributed by atoms with van der Waals surface area (Å²) in [5.41, 5.74) is 1.04. The van der Waals surface area contributed by atoms with Gasteiger partial charge in [0.05, 0.1) is 0 Å². The molecule has 0 bridgehead atoms. The molecule has 1 unspecified atom stereocenters. The zero-order valence-electron chi connectivity index (χ0n) is 11.8. The van der Waals surface area contributed by atoms with Gasteiger partial charge in [-0.25, -0.2) is 0 Å². The average Bonchev–Trinajstić information content (AvgIpc) is 2.37. The van der Waals surface area contributed by atoms with Gasteiger partial charge < -0.3 is 10.0 Å². The molecule has 1 aromatic rings. The topological polar surface area (TPSA) is 40.5 Å². The second-order valence-electron chi connectivity index (χ2n) is 5.83. The van der Waals surface area contributed by atoms with E-state index < -0.39 is 5.97 Å². The van der Waals surface area contributed by atoms with Crippen molar-refractivity contribution in [2.24, 2.45) is 5.41 Å². The van der Waals surface area contributed by atoms with Crippen LogP contribution in [0.3, 0.4) is 0 Å². The molecular formula is C15H20ClNO2S. The van der Waals surface area contributed by atoms with Crippen molar-refractivity contribution >= 4 is 35.0 Å². The van der Waals surface area contributed by atoms with Gasteiger partial charge in [0.2, 0.25) is 0 Å². The molecule has 1 fully saturated rings. The lowest BCUT2D eigenvalue weighted by atomic mass is 9.81. The van der Waals surface area contributed by atoms with E-state index in [1.165, 1.54) is 0 Å². The highest BCUT2D eigenvalue weighted by molar-refractivity contribution is 7.99. The molecule has 0 saturated carbocycles. The fourth-order valence-electron chi connectivity index (χ4n) is 2.59. The second-order valence-corrected chi connectivity index (χ2v) is 7.41. The van der Waals surface area contributed by atoms with Gasteiger partial charge in [-0.3, -0.25) is 4.79 Å². The Morgan fingerprint density at radius 1 is 1.45 bits per heavy atom. The molecule has 1 saturated heterocycles. The number of anilines is 1. The van der Waals surface area contributed by atoms with E-state index in [4.69, 9.17) is 11.6 Å². The normalized spacial score (nSPS) is 21.4. The van der Waals surface area contributed by atoms with E-state index in [9.17, 15) is 9.90 Å². The minimum absolute atomic E-state index is 0.0241. The highest BCUT2D eigenvalue weighted by atomic mass is 35.5. The van der Waals surface area contributed by atoms with Gasteiger partial charge in [0.15, 0.2) is 0 Å². The lowest BCUT2D eigenvalue weighted by Crippen LogP contribution is -2.51. The molecule has 0 amide bonds. The first-order valence-corrected chi connectivity index (χ1v) is 8.25. The molecule has 0 aromatic heterocycles. The van der Waals surface area contributed by atoms with Crippen LogP contribution in [0.25, 0.3) is 0 Å². The molecule has 1 heterocycles. The molecule has 0 spiro atoms. The number of carboxylic acid groups (broad SMARTS) is 1. The Balaban J connectivity index is 2.31. The molecule has 1 aromatic carbocycles. The zero-order valence-corrected chi connectivity index (χ0v) is 13.4. The minimum Gasteiger partial charge on any atom is -0.480 e. The fourth-order valence-corrected chi connectivity index (χ4v) is 4.41. The Bertz CT molecular complexity index is 475. The van der Waals surface area contributed by atoms with Crippen LogP contribution in [0.1, 0.15) is 20.3 Å². The number of aliphatic carboxylic acids is 1.